The molecule has 3 rings (SSSR count). The van der Waals surface area contributed by atoms with E-state index in [9.17, 15) is 4.79 Å². The number of rotatable bonds is 2. The lowest BCUT2D eigenvalue weighted by atomic mass is 9.69. The van der Waals surface area contributed by atoms with E-state index in [0.29, 0.717) is 19.3 Å². The normalized spacial score (nSPS) is 32.9. The summed E-state index contributed by atoms with van der Waals surface area (Å²) >= 11 is 0. The van der Waals surface area contributed by atoms with Crippen LogP contribution in [0.1, 0.15) is 87.5 Å². The van der Waals surface area contributed by atoms with Gasteiger partial charge in [0.2, 0.25) is 0 Å². The van der Waals surface area contributed by atoms with Crippen LogP contribution in [-0.4, -0.2) is 63.5 Å². The van der Waals surface area contributed by atoms with Gasteiger partial charge in [0.15, 0.2) is 5.78 Å². The number of carbonyl (C=O) groups excluding carboxylic acids is 1. The first-order chi connectivity index (χ1) is 12.5. The Kier molecular flexibility index (Phi) is 4.94. The van der Waals surface area contributed by atoms with Crippen LogP contribution in [0.5, 0.6) is 0 Å². The first kappa shape index (κ1) is 22.2. The molecule has 3 fully saturated rings. The van der Waals surface area contributed by atoms with E-state index in [4.69, 9.17) is 14.4 Å². The molecule has 162 valence electrons. The molecule has 28 heavy (non-hydrogen) atoms. The number of nitrogens with zero attached hydrogens (tertiary/aromatic N) is 2. The summed E-state index contributed by atoms with van der Waals surface area (Å²) in [6.45, 7) is 17.3. The van der Waals surface area contributed by atoms with Gasteiger partial charge in [0, 0.05) is 41.4 Å². The maximum atomic E-state index is 13.5. The Morgan fingerprint density at radius 2 is 1.07 bits per heavy atom. The molecule has 0 aromatic rings. The molecule has 0 unspecified atom stereocenters. The van der Waals surface area contributed by atoms with E-state index < -0.39 is 11.2 Å². The predicted molar refractivity (Wildman–Crippen MR) is 109 cm³/mol. The van der Waals surface area contributed by atoms with Crippen LogP contribution in [0, 0.1) is 0 Å². The number of hydrogen-bond donors (Lipinski definition) is 0. The summed E-state index contributed by atoms with van der Waals surface area (Å²) in [5.41, 5.74) is -2.23. The van der Waals surface area contributed by atoms with Gasteiger partial charge < -0.3 is 14.4 Å². The molecule has 2 spiro atoms. The summed E-state index contributed by atoms with van der Waals surface area (Å²) in [6, 6.07) is 0. The molecule has 3 aliphatic heterocycles. The molecule has 0 aliphatic carbocycles. The van der Waals surface area contributed by atoms with Gasteiger partial charge in [-0.2, -0.15) is 10.1 Å². The Balaban J connectivity index is 1.98. The standard InChI is InChI=1S/C22H40N2O4/c1-17(2)12-21(13-18(3,4)23(17)26-9)11-16(25)22(28-21)14-19(5,6)24(27-10)20(7,8)15-22/h11-15H2,1-10H3. The SMILES string of the molecule is CON1C(C)(C)CC2(CC(=O)C3(CC(C)(C)N(OC)C(C)(C)C3)O2)CC1(C)C. The van der Waals surface area contributed by atoms with Gasteiger partial charge in [-0.1, -0.05) is 0 Å². The van der Waals surface area contributed by atoms with E-state index in [1.807, 2.05) is 5.06 Å². The van der Waals surface area contributed by atoms with E-state index >= 15 is 0 Å². The molecule has 0 saturated carbocycles. The van der Waals surface area contributed by atoms with E-state index in [1.165, 1.54) is 0 Å². The average Bonchev–Trinajstić information content (AvgIpc) is 2.63. The first-order valence-electron chi connectivity index (χ1n) is 10.5. The second kappa shape index (κ2) is 6.24. The second-order valence-corrected chi connectivity index (χ2v) is 11.8. The molecule has 6 nitrogen and oxygen atoms in total. The Labute approximate surface area is 170 Å². The van der Waals surface area contributed by atoms with E-state index in [0.717, 1.165) is 12.8 Å². The van der Waals surface area contributed by atoms with Gasteiger partial charge in [-0.15, -0.1) is 0 Å². The lowest BCUT2D eigenvalue weighted by molar-refractivity contribution is -0.319. The Bertz CT molecular complexity index is 617. The highest BCUT2D eigenvalue weighted by molar-refractivity contribution is 5.91. The third kappa shape index (κ3) is 3.25. The monoisotopic (exact) mass is 396 g/mol. The molecule has 0 N–H and O–H groups in total. The highest BCUT2D eigenvalue weighted by Gasteiger charge is 2.66. The third-order valence-corrected chi connectivity index (χ3v) is 6.91. The molecule has 0 atom stereocenters. The maximum Gasteiger partial charge on any atom is 0.167 e. The third-order valence-electron chi connectivity index (χ3n) is 6.91. The molecule has 0 radical (unpaired) electrons. The van der Waals surface area contributed by atoms with Gasteiger partial charge in [0.1, 0.15) is 5.60 Å². The summed E-state index contributed by atoms with van der Waals surface area (Å²) in [5.74, 6) is 0.252. The van der Waals surface area contributed by atoms with Crippen molar-refractivity contribution in [1.29, 1.82) is 0 Å². The molecular weight excluding hydrogens is 356 g/mol. The van der Waals surface area contributed by atoms with Crippen molar-refractivity contribution in [3.8, 4) is 0 Å². The molecule has 0 aromatic carbocycles. The molecule has 0 amide bonds. The van der Waals surface area contributed by atoms with Gasteiger partial charge in [-0.05, 0) is 68.2 Å². The number of hydroxylamine groups is 4. The number of Topliss-reactive ketones (excluding diaryl/α,β-unsaturated/α-hetero) is 1. The van der Waals surface area contributed by atoms with Gasteiger partial charge in [-0.25, -0.2) is 0 Å². The summed E-state index contributed by atoms with van der Waals surface area (Å²) in [4.78, 5) is 25.0. The minimum Gasteiger partial charge on any atom is -0.360 e. The predicted octanol–water partition coefficient (Wildman–Crippen LogP) is 3.88. The van der Waals surface area contributed by atoms with Crippen molar-refractivity contribution in [2.24, 2.45) is 0 Å². The second-order valence-electron chi connectivity index (χ2n) is 11.8. The fourth-order valence-corrected chi connectivity index (χ4v) is 7.44. The summed E-state index contributed by atoms with van der Waals surface area (Å²) in [6.07, 6.45) is 3.33. The van der Waals surface area contributed by atoms with Crippen LogP contribution in [0.3, 0.4) is 0 Å². The molecule has 0 bridgehead atoms. The van der Waals surface area contributed by atoms with Crippen molar-refractivity contribution < 1.29 is 19.2 Å². The highest BCUT2D eigenvalue weighted by Crippen LogP contribution is 2.57. The molecule has 3 heterocycles. The van der Waals surface area contributed by atoms with Crippen molar-refractivity contribution in [1.82, 2.24) is 10.1 Å². The van der Waals surface area contributed by atoms with Crippen LogP contribution in [0.4, 0.5) is 0 Å². The maximum absolute atomic E-state index is 13.5. The van der Waals surface area contributed by atoms with Crippen LogP contribution in [0.15, 0.2) is 0 Å². The fourth-order valence-electron chi connectivity index (χ4n) is 7.44. The Morgan fingerprint density at radius 3 is 1.43 bits per heavy atom. The van der Waals surface area contributed by atoms with Crippen molar-refractivity contribution in [3.63, 3.8) is 0 Å². The number of carbonyl (C=O) groups is 1. The summed E-state index contributed by atoms with van der Waals surface area (Å²) < 4.78 is 6.94. The zero-order chi connectivity index (χ0) is 21.4. The first-order valence-corrected chi connectivity index (χ1v) is 10.5. The molecule has 6 heteroatoms. The van der Waals surface area contributed by atoms with Crippen molar-refractivity contribution >= 4 is 5.78 Å². The van der Waals surface area contributed by atoms with E-state index in [2.05, 4.69) is 60.5 Å². The van der Waals surface area contributed by atoms with Crippen molar-refractivity contribution in [3.05, 3.63) is 0 Å². The lowest BCUT2D eigenvalue weighted by Gasteiger charge is -2.59. The molecule has 3 saturated heterocycles. The number of ketones is 1. The Morgan fingerprint density at radius 1 is 0.714 bits per heavy atom. The zero-order valence-corrected chi connectivity index (χ0v) is 19.6. The van der Waals surface area contributed by atoms with E-state index in [-0.39, 0.29) is 27.9 Å². The number of ether oxygens (including phenoxy) is 1. The van der Waals surface area contributed by atoms with Crippen molar-refractivity contribution in [2.75, 3.05) is 14.2 Å². The molecule has 0 aromatic heterocycles. The van der Waals surface area contributed by atoms with Crippen LogP contribution < -0.4 is 0 Å². The average molecular weight is 397 g/mol. The lowest BCUT2D eigenvalue weighted by Crippen LogP contribution is -2.68. The van der Waals surface area contributed by atoms with Crippen LogP contribution in [0.2, 0.25) is 0 Å². The van der Waals surface area contributed by atoms with E-state index in [1.54, 1.807) is 14.2 Å². The summed E-state index contributed by atoms with van der Waals surface area (Å²) in [7, 11) is 3.45. The number of piperidine rings is 2. The smallest absolute Gasteiger partial charge is 0.167 e. The number of hydrogen-bond acceptors (Lipinski definition) is 6. The Hall–Kier alpha value is -0.530. The zero-order valence-electron chi connectivity index (χ0n) is 19.6. The molecular formula is C22H40N2O4. The minimum atomic E-state index is -0.747. The van der Waals surface area contributed by atoms with Gasteiger partial charge >= 0.3 is 0 Å². The minimum absolute atomic E-state index is 0.222. The van der Waals surface area contributed by atoms with Crippen molar-refractivity contribution in [2.45, 2.75) is 121 Å². The van der Waals surface area contributed by atoms with Crippen LogP contribution in [0.25, 0.3) is 0 Å². The highest BCUT2D eigenvalue weighted by atomic mass is 16.7. The largest absolute Gasteiger partial charge is 0.360 e. The molecule has 3 aliphatic rings. The van der Waals surface area contributed by atoms with Gasteiger partial charge in [-0.3, -0.25) is 4.79 Å². The fraction of sp³-hybridized carbons (Fsp3) is 0.955. The van der Waals surface area contributed by atoms with Crippen LogP contribution in [-0.2, 0) is 19.2 Å². The van der Waals surface area contributed by atoms with Crippen LogP contribution >= 0.6 is 0 Å². The van der Waals surface area contributed by atoms with Gasteiger partial charge in [0.25, 0.3) is 0 Å². The quantitative estimate of drug-likeness (QED) is 0.706. The van der Waals surface area contributed by atoms with Gasteiger partial charge in [0.05, 0.1) is 19.8 Å². The topological polar surface area (TPSA) is 51.2 Å². The summed E-state index contributed by atoms with van der Waals surface area (Å²) in [5, 5.41) is 4.11.